The molecule has 3 aromatic heterocycles. The van der Waals surface area contributed by atoms with Gasteiger partial charge < -0.3 is 4.57 Å². The van der Waals surface area contributed by atoms with Crippen LogP contribution in [0.4, 0.5) is 26.3 Å². The standard InChI is InChI=1S/C61H38F6N4S/c1-35-25-36(2)27-43(26-35)40-17-21-47-48-22-18-41(44-28-45(60(62,63)64)34-46(29-44)61(65,66)67)32-54(48)71(53(47)31-40)52-24-20-39(42-19-23-50-49-15-9-10-16-55(49)72-56(50)33-42)30-51(52)59-69-57(37-11-5-3-6-12-37)68-58(70-59)38-13-7-4-8-14-38/h3-34H,1-2H3. The van der Waals surface area contributed by atoms with Gasteiger partial charge in [-0.2, -0.15) is 26.3 Å². The van der Waals surface area contributed by atoms with Crippen LogP contribution in [0.2, 0.25) is 0 Å². The van der Waals surface area contributed by atoms with E-state index in [4.69, 9.17) is 15.0 Å². The number of hydrogen-bond donors (Lipinski definition) is 0. The molecule has 0 aliphatic rings. The Morgan fingerprint density at radius 3 is 1.39 bits per heavy atom. The number of alkyl halides is 6. The van der Waals surface area contributed by atoms with E-state index < -0.39 is 23.5 Å². The van der Waals surface area contributed by atoms with Crippen molar-refractivity contribution in [3.8, 4) is 73.2 Å². The van der Waals surface area contributed by atoms with Crippen LogP contribution in [0.5, 0.6) is 0 Å². The van der Waals surface area contributed by atoms with Gasteiger partial charge in [0.25, 0.3) is 0 Å². The van der Waals surface area contributed by atoms with E-state index >= 15 is 0 Å². The third-order valence-electron chi connectivity index (χ3n) is 13.1. The predicted molar refractivity (Wildman–Crippen MR) is 279 cm³/mol. The predicted octanol–water partition coefficient (Wildman–Crippen LogP) is 18.0. The molecule has 4 nitrogen and oxygen atoms in total. The highest BCUT2D eigenvalue weighted by atomic mass is 32.1. The maximum Gasteiger partial charge on any atom is 0.416 e. The summed E-state index contributed by atoms with van der Waals surface area (Å²) in [6.07, 6.45) is -10.1. The molecule has 0 fully saturated rings. The number of halogens is 6. The third kappa shape index (κ3) is 8.15. The normalized spacial score (nSPS) is 12.2. The van der Waals surface area contributed by atoms with Crippen molar-refractivity contribution in [1.29, 1.82) is 0 Å². The van der Waals surface area contributed by atoms with Gasteiger partial charge in [0.2, 0.25) is 0 Å². The third-order valence-corrected chi connectivity index (χ3v) is 14.3. The molecular weight excluding hydrogens is 935 g/mol. The Hall–Kier alpha value is -8.41. The number of thiophene rings is 1. The minimum Gasteiger partial charge on any atom is -0.308 e. The number of aryl methyl sites for hydroxylation is 2. The molecule has 3 heterocycles. The van der Waals surface area contributed by atoms with Gasteiger partial charge in [-0.3, -0.25) is 0 Å². The molecule has 350 valence electrons. The highest BCUT2D eigenvalue weighted by Gasteiger charge is 2.37. The van der Waals surface area contributed by atoms with Gasteiger partial charge in [0.05, 0.1) is 27.8 Å². The molecule has 0 saturated heterocycles. The monoisotopic (exact) mass is 972 g/mol. The van der Waals surface area contributed by atoms with Crippen molar-refractivity contribution >= 4 is 53.3 Å². The van der Waals surface area contributed by atoms with Crippen molar-refractivity contribution < 1.29 is 26.3 Å². The van der Waals surface area contributed by atoms with Gasteiger partial charge in [0.15, 0.2) is 17.5 Å². The number of benzene rings is 9. The Balaban J connectivity index is 1.17. The van der Waals surface area contributed by atoms with E-state index in [0.29, 0.717) is 34.2 Å². The zero-order chi connectivity index (χ0) is 49.5. The lowest BCUT2D eigenvalue weighted by Crippen LogP contribution is -2.11. The average Bonchev–Trinajstić information content (AvgIpc) is 3.92. The first kappa shape index (κ1) is 44.8. The summed E-state index contributed by atoms with van der Waals surface area (Å²) < 4.78 is 90.3. The lowest BCUT2D eigenvalue weighted by Gasteiger charge is -2.17. The molecule has 0 spiro atoms. The summed E-state index contributed by atoms with van der Waals surface area (Å²) in [5, 5.41) is 3.88. The molecule has 0 aliphatic carbocycles. The second-order valence-electron chi connectivity index (χ2n) is 18.0. The van der Waals surface area contributed by atoms with E-state index in [-0.39, 0.29) is 17.2 Å². The summed E-state index contributed by atoms with van der Waals surface area (Å²) in [6, 6.07) is 59.3. The van der Waals surface area contributed by atoms with Crippen LogP contribution in [0.25, 0.3) is 115 Å². The molecule has 0 amide bonds. The van der Waals surface area contributed by atoms with Crippen LogP contribution < -0.4 is 0 Å². The topological polar surface area (TPSA) is 43.6 Å². The Bertz CT molecular complexity index is 3990. The Kier molecular flexibility index (Phi) is 10.7. The number of hydrogen-bond acceptors (Lipinski definition) is 4. The van der Waals surface area contributed by atoms with E-state index in [1.165, 1.54) is 10.1 Å². The summed E-state index contributed by atoms with van der Waals surface area (Å²) in [7, 11) is 0. The number of aromatic nitrogens is 4. The first-order valence-corrected chi connectivity index (χ1v) is 23.9. The minimum absolute atomic E-state index is 0.155. The van der Waals surface area contributed by atoms with Crippen LogP contribution in [-0.2, 0) is 12.4 Å². The van der Waals surface area contributed by atoms with Gasteiger partial charge in [-0.25, -0.2) is 15.0 Å². The van der Waals surface area contributed by atoms with Crippen molar-refractivity contribution in [3.63, 3.8) is 0 Å². The summed E-state index contributed by atoms with van der Waals surface area (Å²) >= 11 is 1.72. The molecule has 0 N–H and O–H groups in total. The first-order valence-electron chi connectivity index (χ1n) is 23.1. The molecule has 0 aliphatic heterocycles. The van der Waals surface area contributed by atoms with Gasteiger partial charge in [-0.1, -0.05) is 151 Å². The highest BCUT2D eigenvalue weighted by Crippen LogP contribution is 2.44. The van der Waals surface area contributed by atoms with Gasteiger partial charge in [-0.05, 0) is 102 Å². The van der Waals surface area contributed by atoms with Gasteiger partial charge in [0.1, 0.15) is 0 Å². The maximum absolute atomic E-state index is 14.3. The van der Waals surface area contributed by atoms with Crippen LogP contribution in [0.3, 0.4) is 0 Å². The van der Waals surface area contributed by atoms with Crippen LogP contribution in [-0.4, -0.2) is 19.5 Å². The van der Waals surface area contributed by atoms with Gasteiger partial charge in [0, 0.05) is 47.6 Å². The van der Waals surface area contributed by atoms with E-state index in [2.05, 4.69) is 60.7 Å². The fourth-order valence-corrected chi connectivity index (χ4v) is 11.0. The summed E-state index contributed by atoms with van der Waals surface area (Å²) in [5.74, 6) is 1.23. The summed E-state index contributed by atoms with van der Waals surface area (Å²) in [5.41, 5.74) is 7.13. The molecule has 0 saturated carbocycles. The lowest BCUT2D eigenvalue weighted by atomic mass is 9.97. The molecule has 11 heteroatoms. The maximum atomic E-state index is 14.3. The number of rotatable bonds is 7. The quantitative estimate of drug-likeness (QED) is 0.150. The van der Waals surface area contributed by atoms with Crippen molar-refractivity contribution in [3.05, 3.63) is 216 Å². The van der Waals surface area contributed by atoms with Crippen molar-refractivity contribution in [2.45, 2.75) is 26.2 Å². The summed E-state index contributed by atoms with van der Waals surface area (Å²) in [4.78, 5) is 15.4. The SMILES string of the molecule is Cc1cc(C)cc(-c2ccc3c4ccc(-c5cc(C(F)(F)F)cc(C(F)(F)F)c5)cc4n(-c4ccc(-c5ccc6c(c5)sc5ccccc56)cc4-c4nc(-c5ccccc5)nc(-c5ccccc5)n4)c3c2)c1. The fraction of sp³-hybridized carbons (Fsp3) is 0.0656. The van der Waals surface area contributed by atoms with Crippen LogP contribution >= 0.6 is 11.3 Å². The van der Waals surface area contributed by atoms with E-state index in [0.717, 1.165) is 83.0 Å². The van der Waals surface area contributed by atoms with E-state index in [9.17, 15) is 26.3 Å². The van der Waals surface area contributed by atoms with Crippen molar-refractivity contribution in [2.75, 3.05) is 0 Å². The highest BCUT2D eigenvalue weighted by molar-refractivity contribution is 7.25. The molecule has 0 unspecified atom stereocenters. The fourth-order valence-electron chi connectivity index (χ4n) is 9.82. The zero-order valence-electron chi connectivity index (χ0n) is 38.4. The molecule has 12 aromatic rings. The molecule has 0 atom stereocenters. The van der Waals surface area contributed by atoms with Crippen molar-refractivity contribution in [1.82, 2.24) is 19.5 Å². The molecule has 9 aromatic carbocycles. The van der Waals surface area contributed by atoms with Gasteiger partial charge in [-0.15, -0.1) is 11.3 Å². The molecule has 0 radical (unpaired) electrons. The second kappa shape index (κ2) is 17.2. The van der Waals surface area contributed by atoms with E-state index in [1.54, 1.807) is 29.5 Å². The number of fused-ring (bicyclic) bond motifs is 6. The van der Waals surface area contributed by atoms with Crippen LogP contribution in [0, 0.1) is 13.8 Å². The molecule has 0 bridgehead atoms. The number of nitrogens with zero attached hydrogens (tertiary/aromatic N) is 4. The molecular formula is C61H38F6N4S. The minimum atomic E-state index is -5.03. The molecule has 72 heavy (non-hydrogen) atoms. The second-order valence-corrected chi connectivity index (χ2v) is 19.1. The molecule has 12 rings (SSSR count). The Labute approximate surface area is 413 Å². The van der Waals surface area contributed by atoms with Crippen LogP contribution in [0.1, 0.15) is 22.3 Å². The zero-order valence-corrected chi connectivity index (χ0v) is 39.3. The van der Waals surface area contributed by atoms with E-state index in [1.807, 2.05) is 115 Å². The largest absolute Gasteiger partial charge is 0.416 e. The lowest BCUT2D eigenvalue weighted by molar-refractivity contribution is -0.143. The Morgan fingerprint density at radius 1 is 0.361 bits per heavy atom. The van der Waals surface area contributed by atoms with Gasteiger partial charge >= 0.3 is 12.4 Å². The first-order chi connectivity index (χ1) is 34.7. The smallest absolute Gasteiger partial charge is 0.308 e. The van der Waals surface area contributed by atoms with Crippen LogP contribution in [0.15, 0.2) is 194 Å². The van der Waals surface area contributed by atoms with Crippen molar-refractivity contribution in [2.24, 2.45) is 0 Å². The average molecular weight is 973 g/mol. The Morgan fingerprint density at radius 2 is 0.819 bits per heavy atom. The summed E-state index contributed by atoms with van der Waals surface area (Å²) in [6.45, 7) is 4.08.